The molecule has 1 aliphatic heterocycles. The van der Waals surface area contributed by atoms with Crippen molar-refractivity contribution in [3.8, 4) is 0 Å². The number of hydrogen-bond donors (Lipinski definition) is 2. The Morgan fingerprint density at radius 1 is 1.06 bits per heavy atom. The van der Waals surface area contributed by atoms with Crippen LogP contribution in [0.25, 0.3) is 17.1 Å². The molecule has 0 spiro atoms. The quantitative estimate of drug-likeness (QED) is 0.485. The maximum atomic E-state index is 12.7. The average molecular weight is 416 g/mol. The molecule has 1 aromatic heterocycles. The molecule has 0 saturated carbocycles. The van der Waals surface area contributed by atoms with Gasteiger partial charge in [-0.25, -0.2) is 4.98 Å². The summed E-state index contributed by atoms with van der Waals surface area (Å²) in [5.74, 6) is -1.13. The minimum atomic E-state index is -0.593. The van der Waals surface area contributed by atoms with E-state index in [1.54, 1.807) is 30.3 Å². The average Bonchev–Trinajstić information content (AvgIpc) is 3.27. The van der Waals surface area contributed by atoms with Crippen molar-refractivity contribution in [3.05, 3.63) is 81.8 Å². The van der Waals surface area contributed by atoms with E-state index in [2.05, 4.69) is 9.97 Å². The first-order valence-corrected chi connectivity index (χ1v) is 9.86. The van der Waals surface area contributed by atoms with Crippen molar-refractivity contribution in [2.24, 2.45) is 5.73 Å². The first kappa shape index (κ1) is 20.2. The number of nitrogens with two attached hydrogens (primary N) is 1. The van der Waals surface area contributed by atoms with Crippen LogP contribution in [0.3, 0.4) is 0 Å². The molecular weight excluding hydrogens is 396 g/mol. The molecular formula is C23H20N4O4. The number of H-pyrrole nitrogens is 1. The van der Waals surface area contributed by atoms with Crippen molar-refractivity contribution in [2.45, 2.75) is 18.9 Å². The van der Waals surface area contributed by atoms with Crippen molar-refractivity contribution < 1.29 is 14.4 Å². The smallest absolute Gasteiger partial charge is 0.274 e. The van der Waals surface area contributed by atoms with Gasteiger partial charge in [-0.05, 0) is 49.3 Å². The van der Waals surface area contributed by atoms with E-state index in [0.29, 0.717) is 35.1 Å². The number of aromatic amines is 1. The number of nitrogens with one attached hydrogen (secondary N) is 1. The highest BCUT2D eigenvalue weighted by atomic mass is 16.2. The summed E-state index contributed by atoms with van der Waals surface area (Å²) in [6, 6.07) is 12.7. The minimum Gasteiger partial charge on any atom is -0.368 e. The third-order valence-corrected chi connectivity index (χ3v) is 5.28. The van der Waals surface area contributed by atoms with Crippen LogP contribution in [0.5, 0.6) is 0 Å². The molecule has 3 aromatic rings. The first-order chi connectivity index (χ1) is 14.9. The van der Waals surface area contributed by atoms with Crippen LogP contribution in [0.1, 0.15) is 39.3 Å². The summed E-state index contributed by atoms with van der Waals surface area (Å²) in [6.07, 6.45) is 3.92. The lowest BCUT2D eigenvalue weighted by atomic mass is 10.1. The van der Waals surface area contributed by atoms with Crippen LogP contribution in [0.2, 0.25) is 0 Å². The number of hydrogen-bond acceptors (Lipinski definition) is 5. The largest absolute Gasteiger partial charge is 0.368 e. The summed E-state index contributed by atoms with van der Waals surface area (Å²) in [4.78, 5) is 57.3. The summed E-state index contributed by atoms with van der Waals surface area (Å²) in [6.45, 7) is 0.475. The molecule has 1 unspecified atom stereocenters. The molecule has 1 aliphatic rings. The summed E-state index contributed by atoms with van der Waals surface area (Å²) >= 11 is 0. The molecule has 8 nitrogen and oxygen atoms in total. The van der Waals surface area contributed by atoms with Crippen molar-refractivity contribution in [1.82, 2.24) is 14.9 Å². The topological polar surface area (TPSA) is 126 Å². The number of amides is 2. The highest BCUT2D eigenvalue weighted by Crippen LogP contribution is 2.20. The maximum absolute atomic E-state index is 12.7. The Labute approximate surface area is 177 Å². The van der Waals surface area contributed by atoms with Gasteiger partial charge in [0.2, 0.25) is 5.91 Å². The fraction of sp³-hybridized carbons (Fsp3) is 0.174. The van der Waals surface area contributed by atoms with Gasteiger partial charge in [-0.15, -0.1) is 0 Å². The number of ketones is 1. The van der Waals surface area contributed by atoms with Crippen LogP contribution in [-0.2, 0) is 4.79 Å². The van der Waals surface area contributed by atoms with Gasteiger partial charge in [0.1, 0.15) is 11.7 Å². The van der Waals surface area contributed by atoms with E-state index in [1.165, 1.54) is 29.2 Å². The Balaban J connectivity index is 1.50. The van der Waals surface area contributed by atoms with E-state index < -0.39 is 17.5 Å². The van der Waals surface area contributed by atoms with Gasteiger partial charge in [0, 0.05) is 17.7 Å². The standard InChI is InChI=1S/C23H20N4O4/c24-21(29)19-6-3-13-27(19)23(31)15-9-7-14(8-10-15)20(28)12-11-18-22(30)26-17-5-2-1-4-16(17)25-18/h1-2,4-5,7-12,19H,3,6,13H2,(H2,24,29)(H,26,30)/b12-11+. The number of likely N-dealkylation sites (tertiary alicyclic amines) is 1. The number of nitrogens with zero attached hydrogens (tertiary/aromatic N) is 2. The highest BCUT2D eigenvalue weighted by molar-refractivity contribution is 6.07. The third kappa shape index (κ3) is 4.13. The normalized spacial score (nSPS) is 16.1. The van der Waals surface area contributed by atoms with E-state index in [1.807, 2.05) is 6.07 Å². The molecule has 1 atom stereocenters. The lowest BCUT2D eigenvalue weighted by molar-refractivity contribution is -0.121. The summed E-state index contributed by atoms with van der Waals surface area (Å²) in [5, 5.41) is 0. The van der Waals surface area contributed by atoms with Crippen LogP contribution < -0.4 is 11.3 Å². The van der Waals surface area contributed by atoms with Crippen molar-refractivity contribution in [1.29, 1.82) is 0 Å². The molecule has 1 fully saturated rings. The first-order valence-electron chi connectivity index (χ1n) is 9.86. The molecule has 1 saturated heterocycles. The Kier molecular flexibility index (Phi) is 5.44. The zero-order valence-corrected chi connectivity index (χ0v) is 16.6. The number of benzene rings is 2. The van der Waals surface area contributed by atoms with Crippen LogP contribution >= 0.6 is 0 Å². The van der Waals surface area contributed by atoms with E-state index in [4.69, 9.17) is 5.73 Å². The predicted octanol–water partition coefficient (Wildman–Crippen LogP) is 1.91. The lowest BCUT2D eigenvalue weighted by Crippen LogP contribution is -2.43. The Bertz CT molecular complexity index is 1260. The monoisotopic (exact) mass is 416 g/mol. The molecule has 4 rings (SSSR count). The van der Waals surface area contributed by atoms with Gasteiger partial charge in [0.15, 0.2) is 5.78 Å². The summed E-state index contributed by atoms with van der Waals surface area (Å²) < 4.78 is 0. The van der Waals surface area contributed by atoms with Gasteiger partial charge < -0.3 is 15.6 Å². The molecule has 2 amide bonds. The van der Waals surface area contributed by atoms with E-state index in [9.17, 15) is 19.2 Å². The fourth-order valence-electron chi connectivity index (χ4n) is 3.66. The number of allylic oxidation sites excluding steroid dienone is 1. The third-order valence-electron chi connectivity index (χ3n) is 5.28. The van der Waals surface area contributed by atoms with Crippen LogP contribution in [0, 0.1) is 0 Å². The number of para-hydroxylation sites is 2. The number of carbonyl (C=O) groups excluding carboxylic acids is 3. The summed E-state index contributed by atoms with van der Waals surface area (Å²) in [5.41, 5.74) is 7.09. The highest BCUT2D eigenvalue weighted by Gasteiger charge is 2.33. The van der Waals surface area contributed by atoms with Crippen LogP contribution in [0.15, 0.2) is 59.4 Å². The summed E-state index contributed by atoms with van der Waals surface area (Å²) in [7, 11) is 0. The molecule has 3 N–H and O–H groups in total. The van der Waals surface area contributed by atoms with Gasteiger partial charge in [-0.2, -0.15) is 0 Å². The van der Waals surface area contributed by atoms with Crippen LogP contribution in [-0.4, -0.2) is 45.1 Å². The number of primary amides is 1. The fourth-order valence-corrected chi connectivity index (χ4v) is 3.66. The second-order valence-electron chi connectivity index (χ2n) is 7.30. The minimum absolute atomic E-state index is 0.130. The van der Waals surface area contributed by atoms with E-state index in [-0.39, 0.29) is 17.4 Å². The number of carbonyl (C=O) groups is 3. The van der Waals surface area contributed by atoms with Gasteiger partial charge in [0.05, 0.1) is 11.0 Å². The Hall–Kier alpha value is -4.07. The van der Waals surface area contributed by atoms with Crippen molar-refractivity contribution in [2.75, 3.05) is 6.54 Å². The Morgan fingerprint density at radius 3 is 2.52 bits per heavy atom. The zero-order valence-electron chi connectivity index (χ0n) is 16.6. The van der Waals surface area contributed by atoms with Gasteiger partial charge in [-0.1, -0.05) is 24.3 Å². The van der Waals surface area contributed by atoms with Gasteiger partial charge in [-0.3, -0.25) is 19.2 Å². The number of rotatable bonds is 5. The van der Waals surface area contributed by atoms with E-state index in [0.717, 1.165) is 6.42 Å². The Morgan fingerprint density at radius 2 is 1.77 bits per heavy atom. The lowest BCUT2D eigenvalue weighted by Gasteiger charge is -2.22. The van der Waals surface area contributed by atoms with Gasteiger partial charge in [0.25, 0.3) is 11.5 Å². The molecule has 0 bridgehead atoms. The number of aromatic nitrogens is 2. The number of fused-ring (bicyclic) bond motifs is 1. The second kappa shape index (κ2) is 8.35. The maximum Gasteiger partial charge on any atom is 0.274 e. The molecule has 156 valence electrons. The van der Waals surface area contributed by atoms with Crippen molar-refractivity contribution in [3.63, 3.8) is 0 Å². The molecule has 8 heteroatoms. The zero-order chi connectivity index (χ0) is 22.0. The van der Waals surface area contributed by atoms with Gasteiger partial charge >= 0.3 is 0 Å². The molecule has 0 aliphatic carbocycles. The molecule has 31 heavy (non-hydrogen) atoms. The van der Waals surface area contributed by atoms with Crippen molar-refractivity contribution >= 4 is 34.7 Å². The SMILES string of the molecule is NC(=O)C1CCCN1C(=O)c1ccc(C(=O)/C=C/c2nc3ccccc3[nH]c2=O)cc1. The molecule has 0 radical (unpaired) electrons. The van der Waals surface area contributed by atoms with Crippen LogP contribution in [0.4, 0.5) is 0 Å². The van der Waals surface area contributed by atoms with E-state index >= 15 is 0 Å². The molecule has 2 heterocycles. The predicted molar refractivity (Wildman–Crippen MR) is 115 cm³/mol. The molecule has 2 aromatic carbocycles. The second-order valence-corrected chi connectivity index (χ2v) is 7.30.